The second-order valence-corrected chi connectivity index (χ2v) is 3.85. The molecular weight excluding hydrogens is 282 g/mol. The van der Waals surface area contributed by atoms with E-state index in [-0.39, 0.29) is 23.4 Å². The number of fused-ring (bicyclic) bond motifs is 1. The number of pyridine rings is 1. The van der Waals surface area contributed by atoms with E-state index in [9.17, 15) is 4.79 Å². The normalized spacial score (nSPS) is 9.94. The molecule has 0 aliphatic heterocycles. The van der Waals surface area contributed by atoms with Crippen molar-refractivity contribution in [2.45, 2.75) is 19.9 Å². The predicted molar refractivity (Wildman–Crippen MR) is 61.1 cm³/mol. The molecule has 0 unspecified atom stereocenters. The van der Waals surface area contributed by atoms with Crippen molar-refractivity contribution in [1.82, 2.24) is 0 Å². The van der Waals surface area contributed by atoms with Crippen LogP contribution in [-0.4, -0.2) is 11.1 Å². The van der Waals surface area contributed by atoms with Gasteiger partial charge in [0.2, 0.25) is 5.52 Å². The average molecular weight is 296 g/mol. The van der Waals surface area contributed by atoms with Crippen molar-refractivity contribution in [1.29, 1.82) is 0 Å². The lowest BCUT2D eigenvalue weighted by Gasteiger charge is -2.02. The Labute approximate surface area is 110 Å². The number of halogens is 1. The van der Waals surface area contributed by atoms with E-state index in [4.69, 9.17) is 5.11 Å². The van der Waals surface area contributed by atoms with Crippen LogP contribution in [-0.2, 0) is 11.3 Å². The van der Waals surface area contributed by atoms with E-state index in [1.165, 1.54) is 10.9 Å². The monoisotopic (exact) mass is 295 g/mol. The lowest BCUT2D eigenvalue weighted by Crippen LogP contribution is -3.00. The van der Waals surface area contributed by atoms with Crippen LogP contribution in [0.4, 0.5) is 0 Å². The molecule has 2 rings (SSSR count). The van der Waals surface area contributed by atoms with Crippen LogP contribution >= 0.6 is 0 Å². The number of carboxylic acids is 1. The summed E-state index contributed by atoms with van der Waals surface area (Å²) in [5.74, 6) is -0.767. The molecule has 2 aromatic rings. The fourth-order valence-electron chi connectivity index (χ4n) is 1.84. The Balaban J connectivity index is 0.00000144. The first kappa shape index (κ1) is 13.6. The smallest absolute Gasteiger partial charge is 0.309 e. The number of aromatic nitrogens is 1. The average Bonchev–Trinajstić information content (AvgIpc) is 2.28. The van der Waals surface area contributed by atoms with Gasteiger partial charge in [0.25, 0.3) is 0 Å². The fraction of sp³-hybridized carbons (Fsp3) is 0.231. The van der Waals surface area contributed by atoms with E-state index in [0.29, 0.717) is 6.54 Å². The van der Waals surface area contributed by atoms with Gasteiger partial charge < -0.3 is 22.1 Å². The van der Waals surface area contributed by atoms with Crippen molar-refractivity contribution < 1.29 is 31.4 Å². The Hall–Kier alpha value is -1.42. The van der Waals surface area contributed by atoms with E-state index in [1.54, 1.807) is 0 Å². The van der Waals surface area contributed by atoms with Crippen LogP contribution < -0.4 is 21.5 Å². The number of nitrogens with zero attached hydrogens (tertiary/aromatic N) is 1. The topological polar surface area (TPSA) is 41.2 Å². The minimum atomic E-state index is -0.767. The van der Waals surface area contributed by atoms with Crippen molar-refractivity contribution in [2.75, 3.05) is 0 Å². The summed E-state index contributed by atoms with van der Waals surface area (Å²) in [6, 6.07) is 10.1. The molecule has 0 amide bonds. The predicted octanol–water partition coefficient (Wildman–Crippen LogP) is -1.09. The standard InChI is InChI=1S/C13H13NO2.BrH/c1-10-6-8-14(9-7-13(15)16)12-5-3-2-4-11(10)12;/h2-6,8H,7,9H2,1H3;1H. The largest absolute Gasteiger partial charge is 1.00 e. The van der Waals surface area contributed by atoms with E-state index < -0.39 is 5.97 Å². The van der Waals surface area contributed by atoms with Crippen LogP contribution in [0, 0.1) is 6.92 Å². The number of carbonyl (C=O) groups is 1. The van der Waals surface area contributed by atoms with Gasteiger partial charge in [-0.15, -0.1) is 0 Å². The molecule has 1 aromatic carbocycles. The summed E-state index contributed by atoms with van der Waals surface area (Å²) in [6.45, 7) is 2.57. The highest BCUT2D eigenvalue weighted by molar-refractivity contribution is 5.78. The molecule has 17 heavy (non-hydrogen) atoms. The summed E-state index contributed by atoms with van der Waals surface area (Å²) in [5.41, 5.74) is 2.30. The third-order valence-electron chi connectivity index (χ3n) is 2.71. The molecule has 4 heteroatoms. The fourth-order valence-corrected chi connectivity index (χ4v) is 1.84. The third-order valence-corrected chi connectivity index (χ3v) is 2.71. The summed E-state index contributed by atoms with van der Waals surface area (Å²) >= 11 is 0. The van der Waals surface area contributed by atoms with Gasteiger partial charge in [-0.25, -0.2) is 0 Å². The first-order valence-corrected chi connectivity index (χ1v) is 5.28. The van der Waals surface area contributed by atoms with Gasteiger partial charge in [-0.2, -0.15) is 4.57 Å². The van der Waals surface area contributed by atoms with Gasteiger partial charge >= 0.3 is 5.97 Å². The Kier molecular flexibility index (Phi) is 4.63. The van der Waals surface area contributed by atoms with Crippen LogP contribution in [0.1, 0.15) is 12.0 Å². The van der Waals surface area contributed by atoms with Gasteiger partial charge in [0.05, 0.1) is 0 Å². The summed E-state index contributed by atoms with van der Waals surface area (Å²) in [5, 5.41) is 9.86. The van der Waals surface area contributed by atoms with Gasteiger partial charge in [-0.05, 0) is 18.6 Å². The van der Waals surface area contributed by atoms with Crippen LogP contribution in [0.25, 0.3) is 10.9 Å². The molecule has 1 aromatic heterocycles. The number of rotatable bonds is 3. The van der Waals surface area contributed by atoms with Crippen LogP contribution in [0.3, 0.4) is 0 Å². The van der Waals surface area contributed by atoms with Gasteiger partial charge in [-0.1, -0.05) is 12.1 Å². The zero-order valence-electron chi connectivity index (χ0n) is 9.56. The molecular formula is C13H14BrNO2. The van der Waals surface area contributed by atoms with Crippen LogP contribution in [0.5, 0.6) is 0 Å². The lowest BCUT2D eigenvalue weighted by molar-refractivity contribution is -0.670. The first-order valence-electron chi connectivity index (χ1n) is 5.28. The second-order valence-electron chi connectivity index (χ2n) is 3.85. The Morgan fingerprint density at radius 3 is 2.71 bits per heavy atom. The number of carboxylic acid groups (broad SMARTS) is 1. The summed E-state index contributed by atoms with van der Waals surface area (Å²) in [7, 11) is 0. The van der Waals surface area contributed by atoms with Crippen LogP contribution in [0.15, 0.2) is 36.5 Å². The number of hydrogen-bond donors (Lipinski definition) is 1. The van der Waals surface area contributed by atoms with E-state index >= 15 is 0 Å². The molecule has 0 radical (unpaired) electrons. The Bertz CT molecular complexity index is 540. The zero-order valence-corrected chi connectivity index (χ0v) is 11.1. The second kappa shape index (κ2) is 5.77. The highest BCUT2D eigenvalue weighted by atomic mass is 79.9. The molecule has 90 valence electrons. The van der Waals surface area contributed by atoms with Crippen molar-refractivity contribution in [3.05, 3.63) is 42.1 Å². The number of aliphatic carboxylic acids is 1. The highest BCUT2D eigenvalue weighted by Crippen LogP contribution is 2.13. The summed E-state index contributed by atoms with van der Waals surface area (Å²) < 4.78 is 1.98. The van der Waals surface area contributed by atoms with Crippen molar-refractivity contribution >= 4 is 16.9 Å². The summed E-state index contributed by atoms with van der Waals surface area (Å²) in [6.07, 6.45) is 2.10. The van der Waals surface area contributed by atoms with Crippen molar-refractivity contribution in [3.63, 3.8) is 0 Å². The van der Waals surface area contributed by atoms with Crippen LogP contribution in [0.2, 0.25) is 0 Å². The molecule has 0 bridgehead atoms. The van der Waals surface area contributed by atoms with Crippen molar-refractivity contribution in [2.24, 2.45) is 0 Å². The van der Waals surface area contributed by atoms with E-state index in [1.807, 2.05) is 35.0 Å². The SMILES string of the molecule is Cc1cc[n+](CCC(=O)O)c2ccccc12.[Br-]. The summed E-state index contributed by atoms with van der Waals surface area (Å²) in [4.78, 5) is 10.6. The highest BCUT2D eigenvalue weighted by Gasteiger charge is 2.11. The molecule has 1 N–H and O–H groups in total. The number of aryl methyl sites for hydroxylation is 2. The molecule has 0 atom stereocenters. The maximum Gasteiger partial charge on any atom is 0.309 e. The maximum atomic E-state index is 10.6. The van der Waals surface area contributed by atoms with E-state index in [0.717, 1.165) is 5.52 Å². The maximum absolute atomic E-state index is 10.6. The molecule has 0 aliphatic rings. The number of benzene rings is 1. The molecule has 0 fully saturated rings. The Morgan fingerprint density at radius 1 is 1.29 bits per heavy atom. The molecule has 3 nitrogen and oxygen atoms in total. The molecule has 0 saturated carbocycles. The van der Waals surface area contributed by atoms with Gasteiger partial charge in [0.15, 0.2) is 12.7 Å². The molecule has 1 heterocycles. The lowest BCUT2D eigenvalue weighted by atomic mass is 10.1. The van der Waals surface area contributed by atoms with E-state index in [2.05, 4.69) is 13.0 Å². The third kappa shape index (κ3) is 3.03. The van der Waals surface area contributed by atoms with Crippen molar-refractivity contribution in [3.8, 4) is 0 Å². The van der Waals surface area contributed by atoms with Gasteiger partial charge in [0, 0.05) is 17.5 Å². The zero-order chi connectivity index (χ0) is 11.5. The minimum Gasteiger partial charge on any atom is -1.00 e. The molecule has 0 saturated heterocycles. The Morgan fingerprint density at radius 2 is 2.00 bits per heavy atom. The van der Waals surface area contributed by atoms with Gasteiger partial charge in [0.1, 0.15) is 6.42 Å². The molecule has 0 spiro atoms. The molecule has 0 aliphatic carbocycles. The quantitative estimate of drug-likeness (QED) is 0.732. The first-order chi connectivity index (χ1) is 7.68. The van der Waals surface area contributed by atoms with Gasteiger partial charge in [-0.3, -0.25) is 4.79 Å². The minimum absolute atomic E-state index is 0. The number of para-hydroxylation sites is 1. The number of hydrogen-bond acceptors (Lipinski definition) is 1.